The number of benzene rings is 1. The maximum absolute atomic E-state index is 12.4. The van der Waals surface area contributed by atoms with Crippen LogP contribution in [0, 0.1) is 5.92 Å². The highest BCUT2D eigenvalue weighted by Gasteiger charge is 2.37. The number of hydrogen-bond donors (Lipinski definition) is 2. The van der Waals surface area contributed by atoms with Gasteiger partial charge >= 0.3 is 0 Å². The molecule has 2 unspecified atom stereocenters. The van der Waals surface area contributed by atoms with Crippen LogP contribution in [0.4, 0.5) is 0 Å². The summed E-state index contributed by atoms with van der Waals surface area (Å²) in [5.41, 5.74) is 6.90. The van der Waals surface area contributed by atoms with E-state index in [9.17, 15) is 4.79 Å². The number of amides is 1. The van der Waals surface area contributed by atoms with E-state index in [-0.39, 0.29) is 11.8 Å². The molecule has 5 nitrogen and oxygen atoms in total. The third kappa shape index (κ3) is 3.19. The molecule has 0 bridgehead atoms. The van der Waals surface area contributed by atoms with Gasteiger partial charge in [-0.05, 0) is 37.5 Å². The standard InChI is InChI=1S/C17H24N2O3/c1-17(18)7-3-2-4-13(17)16(20)19-11-12-5-6-14-15(10-12)22-9-8-21-14/h5-6,10,13H,2-4,7-9,11,18H2,1H3,(H,19,20). The lowest BCUT2D eigenvalue weighted by molar-refractivity contribution is -0.128. The molecule has 5 heteroatoms. The summed E-state index contributed by atoms with van der Waals surface area (Å²) >= 11 is 0. The number of ether oxygens (including phenoxy) is 2. The molecule has 1 aliphatic carbocycles. The van der Waals surface area contributed by atoms with Crippen LogP contribution in [0.25, 0.3) is 0 Å². The topological polar surface area (TPSA) is 73.6 Å². The maximum Gasteiger partial charge on any atom is 0.225 e. The van der Waals surface area contributed by atoms with Crippen LogP contribution in [-0.4, -0.2) is 24.7 Å². The molecule has 3 N–H and O–H groups in total. The molecule has 1 aromatic rings. The predicted octanol–water partition coefficient (Wildman–Crippen LogP) is 1.98. The molecule has 0 spiro atoms. The minimum Gasteiger partial charge on any atom is -0.486 e. The van der Waals surface area contributed by atoms with Crippen LogP contribution in [0.15, 0.2) is 18.2 Å². The smallest absolute Gasteiger partial charge is 0.225 e. The lowest BCUT2D eigenvalue weighted by Crippen LogP contribution is -2.52. The fraction of sp³-hybridized carbons (Fsp3) is 0.588. The molecule has 0 aromatic heterocycles. The molecule has 120 valence electrons. The van der Waals surface area contributed by atoms with E-state index >= 15 is 0 Å². The van der Waals surface area contributed by atoms with Gasteiger partial charge in [0, 0.05) is 12.1 Å². The molecule has 1 heterocycles. The molecule has 3 rings (SSSR count). The van der Waals surface area contributed by atoms with Crippen molar-refractivity contribution in [1.29, 1.82) is 0 Å². The van der Waals surface area contributed by atoms with Crippen LogP contribution in [0.5, 0.6) is 11.5 Å². The first-order chi connectivity index (χ1) is 10.6. The largest absolute Gasteiger partial charge is 0.486 e. The zero-order chi connectivity index (χ0) is 15.6. The quantitative estimate of drug-likeness (QED) is 0.895. The fourth-order valence-electron chi connectivity index (χ4n) is 3.30. The zero-order valence-corrected chi connectivity index (χ0v) is 13.1. The summed E-state index contributed by atoms with van der Waals surface area (Å²) in [7, 11) is 0. The van der Waals surface area contributed by atoms with Crippen molar-refractivity contribution in [2.75, 3.05) is 13.2 Å². The Morgan fingerprint density at radius 2 is 2.09 bits per heavy atom. The Morgan fingerprint density at radius 1 is 1.32 bits per heavy atom. The normalized spacial score (nSPS) is 27.3. The Hall–Kier alpha value is -1.75. The highest BCUT2D eigenvalue weighted by atomic mass is 16.6. The van der Waals surface area contributed by atoms with Crippen LogP contribution in [0.3, 0.4) is 0 Å². The Labute approximate surface area is 131 Å². The molecule has 2 atom stereocenters. The highest BCUT2D eigenvalue weighted by Crippen LogP contribution is 2.32. The first-order valence-corrected chi connectivity index (χ1v) is 8.01. The van der Waals surface area contributed by atoms with E-state index in [0.29, 0.717) is 19.8 Å². The predicted molar refractivity (Wildman–Crippen MR) is 83.8 cm³/mol. The van der Waals surface area contributed by atoms with Gasteiger partial charge in [0.1, 0.15) is 13.2 Å². The first-order valence-electron chi connectivity index (χ1n) is 8.01. The van der Waals surface area contributed by atoms with Crippen LogP contribution < -0.4 is 20.5 Å². The molecule has 1 amide bonds. The zero-order valence-electron chi connectivity index (χ0n) is 13.1. The average molecular weight is 304 g/mol. The Bertz CT molecular complexity index is 557. The molecule has 1 aliphatic heterocycles. The summed E-state index contributed by atoms with van der Waals surface area (Å²) in [5, 5.41) is 3.02. The summed E-state index contributed by atoms with van der Waals surface area (Å²) in [6, 6.07) is 5.78. The minimum atomic E-state index is -0.394. The van der Waals surface area contributed by atoms with Crippen molar-refractivity contribution in [3.05, 3.63) is 23.8 Å². The van der Waals surface area contributed by atoms with E-state index in [1.54, 1.807) is 0 Å². The van der Waals surface area contributed by atoms with Crippen LogP contribution in [0.1, 0.15) is 38.2 Å². The lowest BCUT2D eigenvalue weighted by atomic mass is 9.74. The van der Waals surface area contributed by atoms with Crippen molar-refractivity contribution < 1.29 is 14.3 Å². The van der Waals surface area contributed by atoms with Gasteiger partial charge in [0.15, 0.2) is 11.5 Å². The second-order valence-corrected chi connectivity index (χ2v) is 6.50. The number of hydrogen-bond acceptors (Lipinski definition) is 4. The van der Waals surface area contributed by atoms with E-state index in [0.717, 1.165) is 42.7 Å². The van der Waals surface area contributed by atoms with Gasteiger partial charge in [0.05, 0.1) is 5.92 Å². The van der Waals surface area contributed by atoms with Crippen LogP contribution in [0.2, 0.25) is 0 Å². The minimum absolute atomic E-state index is 0.0552. The van der Waals surface area contributed by atoms with Gasteiger partial charge in [0.25, 0.3) is 0 Å². The Kier molecular flexibility index (Phi) is 4.25. The summed E-state index contributed by atoms with van der Waals surface area (Å²) in [6.45, 7) is 3.62. The monoisotopic (exact) mass is 304 g/mol. The number of rotatable bonds is 3. The Morgan fingerprint density at radius 3 is 2.86 bits per heavy atom. The second kappa shape index (κ2) is 6.16. The van der Waals surface area contributed by atoms with Gasteiger partial charge in [0.2, 0.25) is 5.91 Å². The molecular weight excluding hydrogens is 280 g/mol. The molecular formula is C17H24N2O3. The van der Waals surface area contributed by atoms with Gasteiger partial charge in [-0.15, -0.1) is 0 Å². The number of nitrogens with two attached hydrogens (primary N) is 1. The average Bonchev–Trinajstić information content (AvgIpc) is 2.52. The number of nitrogens with one attached hydrogen (secondary N) is 1. The van der Waals surface area contributed by atoms with Crippen molar-refractivity contribution in [2.45, 2.75) is 44.7 Å². The van der Waals surface area contributed by atoms with Gasteiger partial charge in [-0.3, -0.25) is 4.79 Å². The van der Waals surface area contributed by atoms with E-state index in [1.165, 1.54) is 0 Å². The van der Waals surface area contributed by atoms with Crippen molar-refractivity contribution in [3.8, 4) is 11.5 Å². The van der Waals surface area contributed by atoms with E-state index < -0.39 is 5.54 Å². The Balaban J connectivity index is 1.61. The molecule has 1 saturated carbocycles. The summed E-state index contributed by atoms with van der Waals surface area (Å²) in [5.74, 6) is 1.47. The van der Waals surface area contributed by atoms with Crippen molar-refractivity contribution in [3.63, 3.8) is 0 Å². The SMILES string of the molecule is CC1(N)CCCCC1C(=O)NCc1ccc2c(c1)OCCO2. The van der Waals surface area contributed by atoms with Crippen molar-refractivity contribution in [1.82, 2.24) is 5.32 Å². The van der Waals surface area contributed by atoms with Gasteiger partial charge in [-0.25, -0.2) is 0 Å². The van der Waals surface area contributed by atoms with E-state index in [1.807, 2.05) is 25.1 Å². The number of fused-ring (bicyclic) bond motifs is 1. The summed E-state index contributed by atoms with van der Waals surface area (Å²) < 4.78 is 11.1. The van der Waals surface area contributed by atoms with Crippen LogP contribution in [-0.2, 0) is 11.3 Å². The first kappa shape index (κ1) is 15.2. The molecule has 2 aliphatic rings. The second-order valence-electron chi connectivity index (χ2n) is 6.50. The third-order valence-electron chi connectivity index (χ3n) is 4.64. The van der Waals surface area contributed by atoms with Gasteiger partial charge in [-0.1, -0.05) is 18.9 Å². The lowest BCUT2D eigenvalue weighted by Gasteiger charge is -2.37. The highest BCUT2D eigenvalue weighted by molar-refractivity contribution is 5.80. The van der Waals surface area contributed by atoms with E-state index in [4.69, 9.17) is 15.2 Å². The van der Waals surface area contributed by atoms with Crippen molar-refractivity contribution >= 4 is 5.91 Å². The van der Waals surface area contributed by atoms with E-state index in [2.05, 4.69) is 5.32 Å². The summed E-state index contributed by atoms with van der Waals surface area (Å²) in [4.78, 5) is 12.4. The van der Waals surface area contributed by atoms with Gasteiger partial charge < -0.3 is 20.5 Å². The van der Waals surface area contributed by atoms with Gasteiger partial charge in [-0.2, -0.15) is 0 Å². The molecule has 1 fully saturated rings. The molecule has 0 radical (unpaired) electrons. The van der Waals surface area contributed by atoms with Crippen molar-refractivity contribution in [2.24, 2.45) is 11.7 Å². The molecule has 0 saturated heterocycles. The molecule has 22 heavy (non-hydrogen) atoms. The summed E-state index contributed by atoms with van der Waals surface area (Å²) in [6.07, 6.45) is 3.98. The maximum atomic E-state index is 12.4. The number of carbonyl (C=O) groups is 1. The third-order valence-corrected chi connectivity index (χ3v) is 4.64. The fourth-order valence-corrected chi connectivity index (χ4v) is 3.30. The molecule has 1 aromatic carbocycles. The van der Waals surface area contributed by atoms with Crippen LogP contribution >= 0.6 is 0 Å². The number of carbonyl (C=O) groups excluding carboxylic acids is 1.